The molecule has 2 aromatic carbocycles. The summed E-state index contributed by atoms with van der Waals surface area (Å²) < 4.78 is 19.0. The highest BCUT2D eigenvalue weighted by molar-refractivity contribution is 7.80. The summed E-state index contributed by atoms with van der Waals surface area (Å²) in [5.41, 5.74) is 3.38. The highest BCUT2D eigenvalue weighted by Gasteiger charge is 2.22. The second-order valence-corrected chi connectivity index (χ2v) is 7.18. The van der Waals surface area contributed by atoms with Crippen molar-refractivity contribution in [1.82, 2.24) is 4.90 Å². The standard InChI is InChI=1S/C22H21FN2OS/c1-16-3-2-4-19(15-16)24-11-13-25(14-12-24)22(27)21-10-9-20(26-21)17-5-7-18(23)8-6-17/h2-10,15H,11-14H2,1H3. The van der Waals surface area contributed by atoms with E-state index in [0.29, 0.717) is 11.5 Å². The van der Waals surface area contributed by atoms with Crippen LogP contribution in [0.3, 0.4) is 0 Å². The van der Waals surface area contributed by atoms with Crippen molar-refractivity contribution < 1.29 is 8.81 Å². The fourth-order valence-corrected chi connectivity index (χ4v) is 3.66. The number of halogens is 1. The maximum atomic E-state index is 13.1. The molecule has 0 N–H and O–H groups in total. The average molecular weight is 380 g/mol. The van der Waals surface area contributed by atoms with Crippen LogP contribution in [0.2, 0.25) is 0 Å². The van der Waals surface area contributed by atoms with Gasteiger partial charge in [0.1, 0.15) is 16.6 Å². The third-order valence-electron chi connectivity index (χ3n) is 4.88. The van der Waals surface area contributed by atoms with Gasteiger partial charge in [-0.15, -0.1) is 0 Å². The number of hydrogen-bond acceptors (Lipinski definition) is 3. The number of thiocarbonyl (C=S) groups is 1. The molecule has 0 spiro atoms. The summed E-state index contributed by atoms with van der Waals surface area (Å²) in [6.07, 6.45) is 0. The number of nitrogens with zero attached hydrogens (tertiary/aromatic N) is 2. The predicted octanol–water partition coefficient (Wildman–Crippen LogP) is 4.89. The lowest BCUT2D eigenvalue weighted by atomic mass is 10.2. The number of hydrogen-bond donors (Lipinski definition) is 0. The minimum absolute atomic E-state index is 0.257. The molecule has 0 amide bonds. The molecule has 2 heterocycles. The Balaban J connectivity index is 1.42. The number of aryl methyl sites for hydroxylation is 1. The van der Waals surface area contributed by atoms with Gasteiger partial charge in [-0.05, 0) is 61.0 Å². The lowest BCUT2D eigenvalue weighted by Gasteiger charge is -2.37. The van der Waals surface area contributed by atoms with E-state index >= 15 is 0 Å². The maximum absolute atomic E-state index is 13.1. The van der Waals surface area contributed by atoms with Crippen molar-refractivity contribution in [2.24, 2.45) is 0 Å². The number of anilines is 1. The van der Waals surface area contributed by atoms with Crippen molar-refractivity contribution >= 4 is 22.9 Å². The molecule has 1 aliphatic rings. The van der Waals surface area contributed by atoms with Crippen LogP contribution < -0.4 is 4.90 Å². The van der Waals surface area contributed by atoms with Gasteiger partial charge in [-0.3, -0.25) is 0 Å². The number of furan rings is 1. The second-order valence-electron chi connectivity index (χ2n) is 6.79. The number of benzene rings is 2. The maximum Gasteiger partial charge on any atom is 0.162 e. The van der Waals surface area contributed by atoms with Crippen molar-refractivity contribution in [3.63, 3.8) is 0 Å². The first-order chi connectivity index (χ1) is 13.1. The molecule has 0 saturated carbocycles. The Labute approximate surface area is 164 Å². The summed E-state index contributed by atoms with van der Waals surface area (Å²) >= 11 is 5.65. The van der Waals surface area contributed by atoms with E-state index in [9.17, 15) is 4.39 Å². The van der Waals surface area contributed by atoms with E-state index in [2.05, 4.69) is 41.0 Å². The first-order valence-corrected chi connectivity index (χ1v) is 9.48. The molecule has 3 nitrogen and oxygen atoms in total. The summed E-state index contributed by atoms with van der Waals surface area (Å²) in [6, 6.07) is 18.7. The van der Waals surface area contributed by atoms with Crippen molar-refractivity contribution in [3.8, 4) is 11.3 Å². The third kappa shape index (κ3) is 3.88. The zero-order valence-electron chi connectivity index (χ0n) is 15.2. The van der Waals surface area contributed by atoms with Crippen LogP contribution in [0, 0.1) is 12.7 Å². The van der Waals surface area contributed by atoms with E-state index in [1.807, 2.05) is 12.1 Å². The van der Waals surface area contributed by atoms with Crippen molar-refractivity contribution in [2.75, 3.05) is 31.1 Å². The molecule has 1 aliphatic heterocycles. The van der Waals surface area contributed by atoms with Gasteiger partial charge in [0, 0.05) is 37.4 Å². The van der Waals surface area contributed by atoms with Gasteiger partial charge in [0.2, 0.25) is 0 Å². The Bertz CT molecular complexity index is 943. The molecular formula is C22H21FN2OS. The van der Waals surface area contributed by atoms with Crippen molar-refractivity contribution in [1.29, 1.82) is 0 Å². The summed E-state index contributed by atoms with van der Waals surface area (Å²) in [5, 5.41) is 0. The molecule has 0 bridgehead atoms. The SMILES string of the molecule is Cc1cccc(N2CCN(C(=S)c3ccc(-c4ccc(F)cc4)o3)CC2)c1. The summed E-state index contributed by atoms with van der Waals surface area (Å²) in [7, 11) is 0. The Morgan fingerprint density at radius 1 is 0.963 bits per heavy atom. The Morgan fingerprint density at radius 3 is 2.41 bits per heavy atom. The minimum Gasteiger partial charge on any atom is -0.454 e. The van der Waals surface area contributed by atoms with Crippen molar-refractivity contribution in [2.45, 2.75) is 6.92 Å². The molecule has 4 rings (SSSR count). The lowest BCUT2D eigenvalue weighted by molar-refractivity contribution is 0.385. The van der Waals surface area contributed by atoms with Gasteiger partial charge in [0.05, 0.1) is 0 Å². The molecule has 5 heteroatoms. The molecule has 1 aromatic heterocycles. The number of rotatable bonds is 3. The van der Waals surface area contributed by atoms with Crippen LogP contribution in [-0.4, -0.2) is 36.1 Å². The molecule has 1 fully saturated rings. The highest BCUT2D eigenvalue weighted by atomic mass is 32.1. The zero-order chi connectivity index (χ0) is 18.8. The lowest BCUT2D eigenvalue weighted by Crippen LogP contribution is -2.48. The minimum atomic E-state index is -0.257. The molecule has 1 saturated heterocycles. The van der Waals surface area contributed by atoms with E-state index < -0.39 is 0 Å². The van der Waals surface area contributed by atoms with E-state index in [1.165, 1.54) is 23.4 Å². The average Bonchev–Trinajstić information content (AvgIpc) is 3.18. The van der Waals surface area contributed by atoms with E-state index in [0.717, 1.165) is 36.7 Å². The van der Waals surface area contributed by atoms with Gasteiger partial charge >= 0.3 is 0 Å². The fourth-order valence-electron chi connectivity index (χ4n) is 3.37. The molecule has 0 atom stereocenters. The molecule has 0 radical (unpaired) electrons. The van der Waals surface area contributed by atoms with Crippen LogP contribution in [0.1, 0.15) is 11.3 Å². The first kappa shape index (κ1) is 17.7. The van der Waals surface area contributed by atoms with Gasteiger partial charge in [-0.25, -0.2) is 4.39 Å². The van der Waals surface area contributed by atoms with Crippen LogP contribution >= 0.6 is 12.2 Å². The summed E-state index contributed by atoms with van der Waals surface area (Å²) in [6.45, 7) is 5.69. The molecule has 138 valence electrons. The largest absolute Gasteiger partial charge is 0.454 e. The van der Waals surface area contributed by atoms with Gasteiger partial charge < -0.3 is 14.2 Å². The van der Waals surface area contributed by atoms with Crippen LogP contribution in [0.25, 0.3) is 11.3 Å². The summed E-state index contributed by atoms with van der Waals surface area (Å²) in [5.74, 6) is 1.13. The smallest absolute Gasteiger partial charge is 0.162 e. The Hall–Kier alpha value is -2.66. The fraction of sp³-hybridized carbons (Fsp3) is 0.227. The second kappa shape index (κ2) is 7.53. The van der Waals surface area contributed by atoms with Gasteiger partial charge in [0.25, 0.3) is 0 Å². The number of piperazine rings is 1. The topological polar surface area (TPSA) is 19.6 Å². The molecule has 0 unspecified atom stereocenters. The summed E-state index contributed by atoms with van der Waals surface area (Å²) in [4.78, 5) is 5.31. The van der Waals surface area contributed by atoms with E-state index in [4.69, 9.17) is 16.6 Å². The van der Waals surface area contributed by atoms with Crippen molar-refractivity contribution in [3.05, 3.63) is 77.8 Å². The Kier molecular flexibility index (Phi) is 4.94. The quantitative estimate of drug-likeness (QED) is 0.602. The van der Waals surface area contributed by atoms with Crippen LogP contribution in [0.4, 0.5) is 10.1 Å². The molecule has 3 aromatic rings. The van der Waals surface area contributed by atoms with Gasteiger partial charge in [-0.2, -0.15) is 0 Å². The van der Waals surface area contributed by atoms with E-state index in [1.54, 1.807) is 12.1 Å². The Morgan fingerprint density at radius 2 is 1.70 bits per heavy atom. The first-order valence-electron chi connectivity index (χ1n) is 9.07. The predicted molar refractivity (Wildman–Crippen MR) is 111 cm³/mol. The molecule has 0 aliphatic carbocycles. The molecule has 27 heavy (non-hydrogen) atoms. The van der Waals surface area contributed by atoms with Gasteiger partial charge in [0.15, 0.2) is 5.76 Å². The van der Waals surface area contributed by atoms with Crippen LogP contribution in [0.15, 0.2) is 65.1 Å². The highest BCUT2D eigenvalue weighted by Crippen LogP contribution is 2.24. The van der Waals surface area contributed by atoms with E-state index in [-0.39, 0.29) is 5.82 Å². The monoisotopic (exact) mass is 380 g/mol. The third-order valence-corrected chi connectivity index (χ3v) is 5.34. The van der Waals surface area contributed by atoms with Crippen LogP contribution in [-0.2, 0) is 0 Å². The normalized spacial score (nSPS) is 14.4. The molecular weight excluding hydrogens is 359 g/mol. The zero-order valence-corrected chi connectivity index (χ0v) is 16.0. The van der Waals surface area contributed by atoms with Crippen LogP contribution in [0.5, 0.6) is 0 Å². The van der Waals surface area contributed by atoms with Gasteiger partial charge in [-0.1, -0.05) is 24.4 Å².